The fourth-order valence-electron chi connectivity index (χ4n) is 3.57. The molecule has 138 valence electrons. The summed E-state index contributed by atoms with van der Waals surface area (Å²) >= 11 is 0. The van der Waals surface area contributed by atoms with Crippen LogP contribution in [0, 0.1) is 5.82 Å². The van der Waals surface area contributed by atoms with Crippen molar-refractivity contribution in [2.75, 3.05) is 5.32 Å². The van der Waals surface area contributed by atoms with E-state index in [4.69, 9.17) is 0 Å². The first-order chi connectivity index (χ1) is 13.1. The van der Waals surface area contributed by atoms with Crippen LogP contribution < -0.4 is 10.6 Å². The average molecular weight is 366 g/mol. The summed E-state index contributed by atoms with van der Waals surface area (Å²) < 4.78 is 15.5. The van der Waals surface area contributed by atoms with Crippen LogP contribution in [0.15, 0.2) is 42.5 Å². The van der Waals surface area contributed by atoms with Crippen LogP contribution >= 0.6 is 0 Å². The summed E-state index contributed by atoms with van der Waals surface area (Å²) in [6, 6.07) is 11.9. The second kappa shape index (κ2) is 6.83. The van der Waals surface area contributed by atoms with Gasteiger partial charge in [0.05, 0.1) is 23.5 Å². The molecule has 1 aromatic heterocycles. The maximum Gasteiger partial charge on any atom is 0.228 e. The zero-order chi connectivity index (χ0) is 19.0. The minimum absolute atomic E-state index is 0.0364. The molecule has 4 rings (SSSR count). The number of carbonyl (C=O) groups excluding carboxylic acids is 2. The van der Waals surface area contributed by atoms with Gasteiger partial charge in [-0.3, -0.25) is 9.59 Å². The quantitative estimate of drug-likeness (QED) is 0.745. The molecule has 0 spiro atoms. The third-order valence-corrected chi connectivity index (χ3v) is 4.84. The number of hydrogen-bond acceptors (Lipinski definition) is 3. The van der Waals surface area contributed by atoms with E-state index in [9.17, 15) is 14.0 Å². The third kappa shape index (κ3) is 3.16. The van der Waals surface area contributed by atoms with Gasteiger partial charge < -0.3 is 15.2 Å². The Kier molecular flexibility index (Phi) is 4.35. The molecule has 0 aliphatic carbocycles. The minimum atomic E-state index is -0.645. The van der Waals surface area contributed by atoms with Crippen LogP contribution in [0.3, 0.4) is 0 Å². The van der Waals surface area contributed by atoms with Crippen LogP contribution in [0.4, 0.5) is 10.1 Å². The molecule has 0 radical (unpaired) electrons. The highest BCUT2D eigenvalue weighted by atomic mass is 19.1. The molecule has 1 atom stereocenters. The SMILES string of the molecule is CCn1c(CNC(=O)C2CC(=O)Nc3cc(F)ccc32)nc2ccccc21. The summed E-state index contributed by atoms with van der Waals surface area (Å²) in [7, 11) is 0. The number of aryl methyl sites for hydroxylation is 1. The lowest BCUT2D eigenvalue weighted by atomic mass is 9.89. The number of halogens is 1. The van der Waals surface area contributed by atoms with Crippen LogP contribution in [-0.4, -0.2) is 21.4 Å². The van der Waals surface area contributed by atoms with Gasteiger partial charge in [0.2, 0.25) is 11.8 Å². The van der Waals surface area contributed by atoms with E-state index in [1.807, 2.05) is 35.8 Å². The number of hydrogen-bond donors (Lipinski definition) is 2. The molecular formula is C20H19FN4O2. The number of rotatable bonds is 4. The summed E-state index contributed by atoms with van der Waals surface area (Å²) in [5, 5.41) is 5.50. The number of nitrogens with one attached hydrogen (secondary N) is 2. The van der Waals surface area contributed by atoms with Crippen LogP contribution in [0.5, 0.6) is 0 Å². The van der Waals surface area contributed by atoms with Gasteiger partial charge in [0.1, 0.15) is 11.6 Å². The fourth-order valence-corrected chi connectivity index (χ4v) is 3.57. The summed E-state index contributed by atoms with van der Waals surface area (Å²) in [6.45, 7) is 3.02. The molecule has 1 aliphatic rings. The van der Waals surface area contributed by atoms with Gasteiger partial charge in [0.15, 0.2) is 0 Å². The van der Waals surface area contributed by atoms with Crippen LogP contribution in [-0.2, 0) is 22.7 Å². The van der Waals surface area contributed by atoms with Gasteiger partial charge in [-0.15, -0.1) is 0 Å². The molecule has 2 N–H and O–H groups in total. The number of para-hydroxylation sites is 2. The Morgan fingerprint density at radius 2 is 2.15 bits per heavy atom. The van der Waals surface area contributed by atoms with Crippen molar-refractivity contribution in [1.82, 2.24) is 14.9 Å². The molecule has 1 unspecified atom stereocenters. The fraction of sp³-hybridized carbons (Fsp3) is 0.250. The Balaban J connectivity index is 1.56. The van der Waals surface area contributed by atoms with Crippen molar-refractivity contribution in [2.24, 2.45) is 0 Å². The molecule has 1 aliphatic heterocycles. The molecule has 0 bridgehead atoms. The van der Waals surface area contributed by atoms with Crippen LogP contribution in [0.25, 0.3) is 11.0 Å². The van der Waals surface area contributed by atoms with Crippen molar-refractivity contribution in [1.29, 1.82) is 0 Å². The van der Waals surface area contributed by atoms with Gasteiger partial charge in [0.25, 0.3) is 0 Å². The second-order valence-corrected chi connectivity index (χ2v) is 6.52. The van der Waals surface area contributed by atoms with E-state index in [-0.39, 0.29) is 24.8 Å². The smallest absolute Gasteiger partial charge is 0.228 e. The average Bonchev–Trinajstić information content (AvgIpc) is 3.02. The van der Waals surface area contributed by atoms with E-state index >= 15 is 0 Å². The van der Waals surface area contributed by atoms with E-state index in [0.29, 0.717) is 11.3 Å². The Morgan fingerprint density at radius 1 is 1.33 bits per heavy atom. The lowest BCUT2D eigenvalue weighted by molar-refractivity contribution is -0.126. The van der Waals surface area contributed by atoms with E-state index in [1.165, 1.54) is 12.1 Å². The zero-order valence-electron chi connectivity index (χ0n) is 14.8. The molecule has 2 amide bonds. The maximum atomic E-state index is 13.4. The first-order valence-electron chi connectivity index (χ1n) is 8.88. The van der Waals surface area contributed by atoms with Gasteiger partial charge in [-0.2, -0.15) is 0 Å². The third-order valence-electron chi connectivity index (χ3n) is 4.84. The Hall–Kier alpha value is -3.22. The van der Waals surface area contributed by atoms with E-state index in [0.717, 1.165) is 23.4 Å². The van der Waals surface area contributed by atoms with E-state index < -0.39 is 11.7 Å². The standard InChI is InChI=1S/C20H19FN4O2/c1-2-25-17-6-4-3-5-15(17)23-18(25)11-22-20(27)14-10-19(26)24-16-9-12(21)7-8-13(14)16/h3-9,14H,2,10-11H2,1H3,(H,22,27)(H,24,26). The molecule has 0 saturated carbocycles. The number of carbonyl (C=O) groups is 2. The van der Waals surface area contributed by atoms with Crippen molar-refractivity contribution in [3.63, 3.8) is 0 Å². The largest absolute Gasteiger partial charge is 0.348 e. The maximum absolute atomic E-state index is 13.4. The number of anilines is 1. The van der Waals surface area contributed by atoms with Crippen LogP contribution in [0.2, 0.25) is 0 Å². The van der Waals surface area contributed by atoms with Crippen molar-refractivity contribution in [3.8, 4) is 0 Å². The van der Waals surface area contributed by atoms with Crippen molar-refractivity contribution in [3.05, 3.63) is 59.7 Å². The van der Waals surface area contributed by atoms with Crippen molar-refractivity contribution >= 4 is 28.5 Å². The normalized spacial score (nSPS) is 16.1. The number of aromatic nitrogens is 2. The summed E-state index contributed by atoms with van der Waals surface area (Å²) in [4.78, 5) is 29.3. The van der Waals surface area contributed by atoms with E-state index in [1.54, 1.807) is 6.07 Å². The minimum Gasteiger partial charge on any atom is -0.348 e. The lowest BCUT2D eigenvalue weighted by Crippen LogP contribution is -2.35. The van der Waals surface area contributed by atoms with E-state index in [2.05, 4.69) is 15.6 Å². The molecule has 7 heteroatoms. The Labute approximate surface area is 155 Å². The highest BCUT2D eigenvalue weighted by molar-refractivity contribution is 6.01. The molecule has 2 aromatic carbocycles. The number of benzene rings is 2. The summed E-state index contributed by atoms with van der Waals surface area (Å²) in [5.41, 5.74) is 2.87. The number of amides is 2. The number of imidazole rings is 1. The molecule has 0 fully saturated rings. The zero-order valence-corrected chi connectivity index (χ0v) is 14.8. The molecule has 2 heterocycles. The highest BCUT2D eigenvalue weighted by Gasteiger charge is 2.31. The Bertz CT molecular complexity index is 1040. The first-order valence-corrected chi connectivity index (χ1v) is 8.88. The van der Waals surface area contributed by atoms with Crippen LogP contribution in [0.1, 0.15) is 30.7 Å². The number of nitrogens with zero attached hydrogens (tertiary/aromatic N) is 2. The predicted molar refractivity (Wildman–Crippen MR) is 99.6 cm³/mol. The lowest BCUT2D eigenvalue weighted by Gasteiger charge is -2.24. The second-order valence-electron chi connectivity index (χ2n) is 6.52. The number of fused-ring (bicyclic) bond motifs is 2. The summed E-state index contributed by atoms with van der Waals surface area (Å²) in [5.74, 6) is -0.909. The topological polar surface area (TPSA) is 76.0 Å². The van der Waals surface area contributed by atoms with Crippen molar-refractivity contribution < 1.29 is 14.0 Å². The Morgan fingerprint density at radius 3 is 2.96 bits per heavy atom. The molecule has 0 saturated heterocycles. The van der Waals surface area contributed by atoms with Gasteiger partial charge in [-0.25, -0.2) is 9.37 Å². The van der Waals surface area contributed by atoms with Gasteiger partial charge in [0, 0.05) is 18.7 Å². The molecule has 27 heavy (non-hydrogen) atoms. The van der Waals surface area contributed by atoms with Crippen molar-refractivity contribution in [2.45, 2.75) is 32.4 Å². The molecular weight excluding hydrogens is 347 g/mol. The predicted octanol–water partition coefficient (Wildman–Crippen LogP) is 2.94. The van der Waals surface area contributed by atoms with Gasteiger partial charge in [-0.1, -0.05) is 18.2 Å². The first kappa shape index (κ1) is 17.2. The molecule has 3 aromatic rings. The molecule has 6 nitrogen and oxygen atoms in total. The monoisotopic (exact) mass is 366 g/mol. The van der Waals surface area contributed by atoms with Gasteiger partial charge >= 0.3 is 0 Å². The highest BCUT2D eigenvalue weighted by Crippen LogP contribution is 2.32. The summed E-state index contributed by atoms with van der Waals surface area (Å²) in [6.07, 6.45) is 0.0364. The van der Waals surface area contributed by atoms with Gasteiger partial charge in [-0.05, 0) is 36.8 Å².